The van der Waals surface area contributed by atoms with Crippen molar-refractivity contribution in [3.63, 3.8) is 0 Å². The molecular formula is C40H59N5O15. The molecule has 1 heterocycles. The maximum atomic E-state index is 12.6. The Balaban J connectivity index is 2.48. The van der Waals surface area contributed by atoms with Crippen LogP contribution >= 0.6 is 0 Å². The molecule has 0 bridgehead atoms. The van der Waals surface area contributed by atoms with Crippen LogP contribution in [0, 0.1) is 17.8 Å². The van der Waals surface area contributed by atoms with Gasteiger partial charge in [0.1, 0.15) is 35.2 Å². The Hall–Kier alpha value is -5.82. The third-order valence-electron chi connectivity index (χ3n) is 9.89. The molecule has 1 aromatic heterocycles. The molecule has 0 radical (unpaired) electrons. The van der Waals surface area contributed by atoms with E-state index in [1.807, 2.05) is 0 Å². The van der Waals surface area contributed by atoms with E-state index in [9.17, 15) is 73.2 Å². The van der Waals surface area contributed by atoms with Crippen molar-refractivity contribution in [1.82, 2.24) is 25.9 Å². The predicted molar refractivity (Wildman–Crippen MR) is 210 cm³/mol. The second kappa shape index (κ2) is 28.6. The molecule has 8 N–H and O–H groups in total. The number of nitrogens with zero attached hydrogens (tertiary/aromatic N) is 1. The van der Waals surface area contributed by atoms with Crippen LogP contribution in [0.5, 0.6) is 0 Å². The standard InChI is InChI=1S/C40H59N5O15/c1-3-33(49)25(7-11-29(47)12-10-28-22-41-23-43-28)6-4-5-19-42-34(50)18-15-32(40(59)60)45-36(52)17-9-27(38(55)56)21-30(48)13-14-31(39(57)58)44-35(51)16-8-26(37(53)54)20-24(2)46/h22-23,25-27,31-32H,3-21H2,1-2H3,(H,41,43)(H,42,50)(H,44,51)(H,45,52)(H,53,54)(H,55,56)(H,57,58)(H,59,60)/t25-,26-,27-,31+,32+/m1/s1. The summed E-state index contributed by atoms with van der Waals surface area (Å²) in [6.07, 6.45) is 3.15. The SMILES string of the molecule is CCC(=O)[C@H](CCCCNC(=O)CC[C@H](NC(=O)CC[C@H](CC(=O)CC[C@H](NC(=O)CC[C@H](CC(C)=O)C(=O)O)C(=O)O)C(=O)O)C(=O)O)CCC(=O)CCc1cnc[nH]1. The molecule has 334 valence electrons. The highest BCUT2D eigenvalue weighted by atomic mass is 16.4. The van der Waals surface area contributed by atoms with E-state index >= 15 is 0 Å². The van der Waals surface area contributed by atoms with E-state index in [0.717, 1.165) is 5.69 Å². The van der Waals surface area contributed by atoms with Crippen molar-refractivity contribution in [2.75, 3.05) is 6.54 Å². The molecule has 20 heteroatoms. The summed E-state index contributed by atoms with van der Waals surface area (Å²) in [4.78, 5) is 139. The highest BCUT2D eigenvalue weighted by molar-refractivity contribution is 5.88. The summed E-state index contributed by atoms with van der Waals surface area (Å²) < 4.78 is 0. The zero-order valence-corrected chi connectivity index (χ0v) is 34.2. The van der Waals surface area contributed by atoms with Crippen molar-refractivity contribution in [3.8, 4) is 0 Å². The number of Topliss-reactive ketones (excluding diaryl/α,β-unsaturated/α-hetero) is 4. The van der Waals surface area contributed by atoms with Gasteiger partial charge in [-0.25, -0.2) is 14.6 Å². The Morgan fingerprint density at radius 2 is 1.12 bits per heavy atom. The van der Waals surface area contributed by atoms with E-state index in [2.05, 4.69) is 25.9 Å². The van der Waals surface area contributed by atoms with Crippen LogP contribution in [-0.2, 0) is 59.2 Å². The second-order valence-corrected chi connectivity index (χ2v) is 14.8. The third-order valence-corrected chi connectivity index (χ3v) is 9.89. The molecule has 0 saturated carbocycles. The highest BCUT2D eigenvalue weighted by Gasteiger charge is 2.28. The fourth-order valence-electron chi connectivity index (χ4n) is 6.33. The van der Waals surface area contributed by atoms with Gasteiger partial charge in [0.2, 0.25) is 17.7 Å². The summed E-state index contributed by atoms with van der Waals surface area (Å²) in [5.41, 5.74) is 0.861. The Morgan fingerprint density at radius 1 is 0.600 bits per heavy atom. The average Bonchev–Trinajstić information content (AvgIpc) is 3.71. The second-order valence-electron chi connectivity index (χ2n) is 14.8. The molecule has 0 aliphatic heterocycles. The van der Waals surface area contributed by atoms with Crippen LogP contribution in [-0.4, -0.2) is 114 Å². The Kier molecular flexibility index (Phi) is 24.9. The van der Waals surface area contributed by atoms with E-state index in [0.29, 0.717) is 44.9 Å². The molecule has 0 aliphatic rings. The quantitative estimate of drug-likeness (QED) is 0.0454. The van der Waals surface area contributed by atoms with E-state index < -0.39 is 109 Å². The summed E-state index contributed by atoms with van der Waals surface area (Å²) in [5.74, 6) is -11.5. The van der Waals surface area contributed by atoms with E-state index in [1.54, 1.807) is 19.4 Å². The number of amides is 3. The first-order chi connectivity index (χ1) is 28.3. The van der Waals surface area contributed by atoms with Crippen molar-refractivity contribution in [2.45, 2.75) is 142 Å². The van der Waals surface area contributed by atoms with Gasteiger partial charge in [-0.2, -0.15) is 0 Å². The number of hydrogen-bond donors (Lipinski definition) is 8. The number of aryl methyl sites for hydroxylation is 1. The monoisotopic (exact) mass is 849 g/mol. The molecule has 1 aromatic rings. The summed E-state index contributed by atoms with van der Waals surface area (Å²) in [6, 6.07) is -3.01. The van der Waals surface area contributed by atoms with Crippen molar-refractivity contribution in [3.05, 3.63) is 18.2 Å². The summed E-state index contributed by atoms with van der Waals surface area (Å²) in [6.45, 7) is 3.22. The third kappa shape index (κ3) is 22.9. The number of aliphatic carboxylic acids is 4. The Bertz CT molecular complexity index is 1640. The van der Waals surface area contributed by atoms with Crippen molar-refractivity contribution in [1.29, 1.82) is 0 Å². The molecule has 0 saturated heterocycles. The van der Waals surface area contributed by atoms with Crippen LogP contribution in [0.4, 0.5) is 0 Å². The number of unbranched alkanes of at least 4 members (excludes halogenated alkanes) is 1. The first kappa shape index (κ1) is 52.2. The van der Waals surface area contributed by atoms with Crippen LogP contribution < -0.4 is 16.0 Å². The smallest absolute Gasteiger partial charge is 0.326 e. The minimum atomic E-state index is -1.55. The van der Waals surface area contributed by atoms with Crippen molar-refractivity contribution >= 4 is 64.7 Å². The van der Waals surface area contributed by atoms with Gasteiger partial charge in [0.25, 0.3) is 0 Å². The summed E-state index contributed by atoms with van der Waals surface area (Å²) in [7, 11) is 0. The summed E-state index contributed by atoms with van der Waals surface area (Å²) >= 11 is 0. The van der Waals surface area contributed by atoms with Crippen molar-refractivity contribution < 1.29 is 73.2 Å². The Morgan fingerprint density at radius 3 is 1.62 bits per heavy atom. The molecule has 0 spiro atoms. The van der Waals surface area contributed by atoms with Gasteiger partial charge < -0.3 is 46.2 Å². The van der Waals surface area contributed by atoms with Crippen LogP contribution in [0.15, 0.2) is 12.5 Å². The Labute approximate surface area is 347 Å². The zero-order chi connectivity index (χ0) is 45.2. The lowest BCUT2D eigenvalue weighted by Crippen LogP contribution is -2.42. The van der Waals surface area contributed by atoms with E-state index in [-0.39, 0.29) is 62.6 Å². The van der Waals surface area contributed by atoms with Crippen molar-refractivity contribution in [2.24, 2.45) is 17.8 Å². The molecule has 1 rings (SSSR count). The summed E-state index contributed by atoms with van der Waals surface area (Å²) in [5, 5.41) is 45.0. The minimum absolute atomic E-state index is 0.0581. The van der Waals surface area contributed by atoms with E-state index in [1.165, 1.54) is 6.92 Å². The zero-order valence-electron chi connectivity index (χ0n) is 34.2. The lowest BCUT2D eigenvalue weighted by Gasteiger charge is -2.17. The highest BCUT2D eigenvalue weighted by Crippen LogP contribution is 2.20. The van der Waals surface area contributed by atoms with Gasteiger partial charge in [-0.05, 0) is 58.3 Å². The number of aromatic nitrogens is 2. The van der Waals surface area contributed by atoms with Gasteiger partial charge in [-0.1, -0.05) is 13.3 Å². The number of nitrogens with one attached hydrogen (secondary N) is 4. The number of carbonyl (C=O) groups is 11. The fourth-order valence-corrected chi connectivity index (χ4v) is 6.33. The minimum Gasteiger partial charge on any atom is -0.481 e. The number of rotatable bonds is 35. The molecule has 5 atom stereocenters. The van der Waals surface area contributed by atoms with Gasteiger partial charge in [-0.15, -0.1) is 0 Å². The largest absolute Gasteiger partial charge is 0.481 e. The lowest BCUT2D eigenvalue weighted by molar-refractivity contribution is -0.145. The van der Waals surface area contributed by atoms with Gasteiger partial charge in [0.15, 0.2) is 0 Å². The molecule has 20 nitrogen and oxygen atoms in total. The number of H-pyrrole nitrogens is 1. The average molecular weight is 850 g/mol. The normalized spacial score (nSPS) is 13.4. The van der Waals surface area contributed by atoms with Crippen LogP contribution in [0.2, 0.25) is 0 Å². The number of ketones is 4. The van der Waals surface area contributed by atoms with Gasteiger partial charge >= 0.3 is 23.9 Å². The number of carboxylic acid groups (broad SMARTS) is 4. The number of imidazole rings is 1. The fraction of sp³-hybridized carbons (Fsp3) is 0.650. The first-order valence-corrected chi connectivity index (χ1v) is 20.1. The lowest BCUT2D eigenvalue weighted by atomic mass is 9.90. The number of hydrogen-bond acceptors (Lipinski definition) is 12. The van der Waals surface area contributed by atoms with Crippen LogP contribution in [0.3, 0.4) is 0 Å². The molecule has 0 aliphatic carbocycles. The molecular weight excluding hydrogens is 790 g/mol. The molecule has 3 amide bonds. The van der Waals surface area contributed by atoms with E-state index in [4.69, 9.17) is 0 Å². The molecule has 60 heavy (non-hydrogen) atoms. The maximum absolute atomic E-state index is 12.6. The van der Waals surface area contributed by atoms with Crippen LogP contribution in [0.1, 0.15) is 129 Å². The number of carboxylic acids is 4. The predicted octanol–water partition coefficient (Wildman–Crippen LogP) is 2.17. The number of aromatic amines is 1. The molecule has 0 unspecified atom stereocenters. The number of carbonyl (C=O) groups excluding carboxylic acids is 7. The maximum Gasteiger partial charge on any atom is 0.326 e. The van der Waals surface area contributed by atoms with Crippen LogP contribution in [0.25, 0.3) is 0 Å². The topological polar surface area (TPSA) is 333 Å². The van der Waals surface area contributed by atoms with Gasteiger partial charge in [0, 0.05) is 82.1 Å². The first-order valence-electron chi connectivity index (χ1n) is 20.1. The van der Waals surface area contributed by atoms with Gasteiger partial charge in [-0.3, -0.25) is 38.4 Å². The van der Waals surface area contributed by atoms with Gasteiger partial charge in [0.05, 0.1) is 18.2 Å². The molecule has 0 aromatic carbocycles. The molecule has 0 fully saturated rings.